The second-order valence-electron chi connectivity index (χ2n) is 3.34. The molecule has 1 heterocycles. The molecule has 1 aromatic carbocycles. The molecule has 0 fully saturated rings. The van der Waals surface area contributed by atoms with Crippen molar-refractivity contribution in [2.45, 2.75) is 0 Å². The number of hydrogen-bond donors (Lipinski definition) is 2. The smallest absolute Gasteiger partial charge is 0.151 e. The minimum Gasteiger partial charge on any atom is -0.308 e. The minimum absolute atomic E-state index is 0.597. The molecule has 5 nitrogen and oxygen atoms in total. The van der Waals surface area contributed by atoms with Gasteiger partial charge in [0.05, 0.1) is 17.4 Å². The third-order valence-electron chi connectivity index (χ3n) is 2.11. The molecule has 0 saturated carbocycles. The van der Waals surface area contributed by atoms with Crippen molar-refractivity contribution in [3.8, 4) is 0 Å². The van der Waals surface area contributed by atoms with Crippen LogP contribution >= 0.6 is 0 Å². The quantitative estimate of drug-likeness (QED) is 0.339. The number of hydrazine groups is 1. The molecular formula is C11H13N5. The zero-order valence-electron chi connectivity index (χ0n) is 8.96. The zero-order valence-corrected chi connectivity index (χ0v) is 8.96. The van der Waals surface area contributed by atoms with E-state index in [4.69, 9.17) is 5.84 Å². The van der Waals surface area contributed by atoms with Crippen molar-refractivity contribution in [2.75, 3.05) is 0 Å². The molecule has 0 spiro atoms. The molecular weight excluding hydrogens is 202 g/mol. The number of nitrogens with two attached hydrogens (primary N) is 1. The van der Waals surface area contributed by atoms with Gasteiger partial charge in [-0.1, -0.05) is 18.2 Å². The van der Waals surface area contributed by atoms with Crippen molar-refractivity contribution in [2.24, 2.45) is 17.9 Å². The van der Waals surface area contributed by atoms with E-state index in [0.717, 1.165) is 11.3 Å². The van der Waals surface area contributed by atoms with Gasteiger partial charge < -0.3 is 5.43 Å². The number of aromatic nitrogens is 2. The van der Waals surface area contributed by atoms with E-state index in [1.165, 1.54) is 0 Å². The fraction of sp³-hybridized carbons (Fsp3) is 0.0909. The van der Waals surface area contributed by atoms with Crippen molar-refractivity contribution in [3.05, 3.63) is 48.3 Å². The van der Waals surface area contributed by atoms with E-state index in [1.54, 1.807) is 10.9 Å². The van der Waals surface area contributed by atoms with Crippen molar-refractivity contribution < 1.29 is 0 Å². The van der Waals surface area contributed by atoms with Gasteiger partial charge in [0.1, 0.15) is 0 Å². The fourth-order valence-corrected chi connectivity index (χ4v) is 1.36. The van der Waals surface area contributed by atoms with Crippen LogP contribution in [0.2, 0.25) is 0 Å². The first-order valence-electron chi connectivity index (χ1n) is 4.89. The predicted octanol–water partition coefficient (Wildman–Crippen LogP) is 0.962. The Hall–Kier alpha value is -2.14. The normalized spacial score (nSPS) is 11.5. The molecule has 5 heteroatoms. The fourth-order valence-electron chi connectivity index (χ4n) is 1.36. The largest absolute Gasteiger partial charge is 0.308 e. The van der Waals surface area contributed by atoms with E-state index >= 15 is 0 Å². The third kappa shape index (κ3) is 2.26. The molecule has 3 N–H and O–H groups in total. The molecule has 2 aromatic rings. The second kappa shape index (κ2) is 4.59. The van der Waals surface area contributed by atoms with Gasteiger partial charge in [-0.15, -0.1) is 0 Å². The number of rotatable bonds is 2. The summed E-state index contributed by atoms with van der Waals surface area (Å²) in [6, 6.07) is 9.62. The van der Waals surface area contributed by atoms with Gasteiger partial charge >= 0.3 is 0 Å². The van der Waals surface area contributed by atoms with Crippen molar-refractivity contribution in [3.63, 3.8) is 0 Å². The standard InChI is InChI=1S/C11H13N5/c1-16-8-9(7-13-16)11(15-12)14-10-5-3-2-4-6-10/h2-8H,12H2,1H3,(H,14,15). The highest BCUT2D eigenvalue weighted by molar-refractivity contribution is 5.99. The first kappa shape index (κ1) is 10.4. The summed E-state index contributed by atoms with van der Waals surface area (Å²) in [5.41, 5.74) is 4.28. The second-order valence-corrected chi connectivity index (χ2v) is 3.34. The van der Waals surface area contributed by atoms with E-state index in [0.29, 0.717) is 5.84 Å². The molecule has 1 aromatic heterocycles. The first-order chi connectivity index (χ1) is 7.79. The van der Waals surface area contributed by atoms with E-state index in [9.17, 15) is 0 Å². The summed E-state index contributed by atoms with van der Waals surface area (Å²) in [6.45, 7) is 0. The van der Waals surface area contributed by atoms with Crippen LogP contribution in [0.25, 0.3) is 0 Å². The van der Waals surface area contributed by atoms with Crippen LogP contribution in [0.1, 0.15) is 5.56 Å². The number of nitrogens with zero attached hydrogens (tertiary/aromatic N) is 3. The predicted molar refractivity (Wildman–Crippen MR) is 63.2 cm³/mol. The summed E-state index contributed by atoms with van der Waals surface area (Å²) in [6.07, 6.45) is 3.56. The van der Waals surface area contributed by atoms with E-state index < -0.39 is 0 Å². The summed E-state index contributed by atoms with van der Waals surface area (Å²) in [7, 11) is 1.85. The maximum atomic E-state index is 5.44. The third-order valence-corrected chi connectivity index (χ3v) is 2.11. The number of aryl methyl sites for hydroxylation is 1. The Bertz CT molecular complexity index is 486. The van der Waals surface area contributed by atoms with Crippen molar-refractivity contribution >= 4 is 11.5 Å². The lowest BCUT2D eigenvalue weighted by Crippen LogP contribution is -2.30. The van der Waals surface area contributed by atoms with Gasteiger partial charge in [-0.05, 0) is 12.1 Å². The summed E-state index contributed by atoms with van der Waals surface area (Å²) in [5.74, 6) is 6.04. The first-order valence-corrected chi connectivity index (χ1v) is 4.89. The Labute approximate surface area is 93.6 Å². The molecule has 0 bridgehead atoms. The summed E-state index contributed by atoms with van der Waals surface area (Å²) in [5, 5.41) is 4.07. The number of amidine groups is 1. The molecule has 82 valence electrons. The lowest BCUT2D eigenvalue weighted by Gasteiger charge is -2.02. The summed E-state index contributed by atoms with van der Waals surface area (Å²) in [4.78, 5) is 4.39. The number of hydrogen-bond acceptors (Lipinski definition) is 3. The molecule has 0 unspecified atom stereocenters. The minimum atomic E-state index is 0.597. The summed E-state index contributed by atoms with van der Waals surface area (Å²) < 4.78 is 1.70. The average Bonchev–Trinajstić information content (AvgIpc) is 2.74. The Morgan fingerprint density at radius 1 is 1.38 bits per heavy atom. The average molecular weight is 215 g/mol. The molecule has 2 rings (SSSR count). The Morgan fingerprint density at radius 3 is 2.69 bits per heavy atom. The van der Waals surface area contributed by atoms with Crippen LogP contribution in [0.4, 0.5) is 5.69 Å². The van der Waals surface area contributed by atoms with Gasteiger partial charge in [-0.25, -0.2) is 10.8 Å². The van der Waals surface area contributed by atoms with Gasteiger partial charge in [-0.3, -0.25) is 4.68 Å². The van der Waals surface area contributed by atoms with Crippen LogP contribution in [0, 0.1) is 0 Å². The molecule has 16 heavy (non-hydrogen) atoms. The van der Waals surface area contributed by atoms with Crippen LogP contribution in [0.3, 0.4) is 0 Å². The van der Waals surface area contributed by atoms with Gasteiger partial charge in [-0.2, -0.15) is 5.10 Å². The Kier molecular flexibility index (Phi) is 2.98. The molecule has 0 saturated heterocycles. The van der Waals surface area contributed by atoms with E-state index in [-0.39, 0.29) is 0 Å². The van der Waals surface area contributed by atoms with Gasteiger partial charge in [0, 0.05) is 13.2 Å². The van der Waals surface area contributed by atoms with Gasteiger partial charge in [0.25, 0.3) is 0 Å². The number of benzene rings is 1. The number of aliphatic imine (C=N–C) groups is 1. The van der Waals surface area contributed by atoms with Crippen LogP contribution in [-0.4, -0.2) is 15.6 Å². The highest BCUT2D eigenvalue weighted by atomic mass is 15.3. The highest BCUT2D eigenvalue weighted by Gasteiger charge is 2.03. The Balaban J connectivity index is 2.33. The van der Waals surface area contributed by atoms with E-state index in [2.05, 4.69) is 15.5 Å². The van der Waals surface area contributed by atoms with E-state index in [1.807, 2.05) is 43.6 Å². The van der Waals surface area contributed by atoms with Crippen molar-refractivity contribution in [1.82, 2.24) is 15.2 Å². The van der Waals surface area contributed by atoms with Gasteiger partial charge in [0.2, 0.25) is 0 Å². The molecule has 0 aliphatic rings. The number of nitrogens with one attached hydrogen (secondary N) is 1. The highest BCUT2D eigenvalue weighted by Crippen LogP contribution is 2.11. The maximum absolute atomic E-state index is 5.44. The van der Waals surface area contributed by atoms with Crippen LogP contribution < -0.4 is 11.3 Å². The Morgan fingerprint density at radius 2 is 2.12 bits per heavy atom. The van der Waals surface area contributed by atoms with Crippen LogP contribution in [0.15, 0.2) is 47.7 Å². The SMILES string of the molecule is Cn1cc(C(=Nc2ccccc2)NN)cn1. The zero-order chi connectivity index (χ0) is 11.4. The monoisotopic (exact) mass is 215 g/mol. The molecule has 0 aliphatic carbocycles. The summed E-state index contributed by atoms with van der Waals surface area (Å²) >= 11 is 0. The number of para-hydroxylation sites is 1. The molecule has 0 amide bonds. The van der Waals surface area contributed by atoms with Crippen molar-refractivity contribution in [1.29, 1.82) is 0 Å². The van der Waals surface area contributed by atoms with Gasteiger partial charge in [0.15, 0.2) is 5.84 Å². The van der Waals surface area contributed by atoms with Crippen LogP contribution in [0.5, 0.6) is 0 Å². The lowest BCUT2D eigenvalue weighted by molar-refractivity contribution is 0.767. The molecule has 0 aliphatic heterocycles. The lowest BCUT2D eigenvalue weighted by atomic mass is 10.3. The maximum Gasteiger partial charge on any atom is 0.151 e. The molecule has 0 radical (unpaired) electrons. The van der Waals surface area contributed by atoms with Crippen LogP contribution in [-0.2, 0) is 7.05 Å². The topological polar surface area (TPSA) is 68.2 Å². The molecule has 0 atom stereocenters.